The average molecular weight is 184 g/mol. The van der Waals surface area contributed by atoms with E-state index in [0.717, 1.165) is 5.57 Å². The van der Waals surface area contributed by atoms with E-state index in [0.29, 0.717) is 6.61 Å². The van der Waals surface area contributed by atoms with Crippen LogP contribution in [0, 0.1) is 0 Å². The molecule has 0 aromatic heterocycles. The fraction of sp³-hybridized carbons (Fsp3) is 0.600. The Labute approximate surface area is 77.1 Å². The summed E-state index contributed by atoms with van der Waals surface area (Å²) in [5, 5.41) is 0. The Morgan fingerprint density at radius 2 is 2.00 bits per heavy atom. The van der Waals surface area contributed by atoms with Crippen molar-refractivity contribution in [3.05, 3.63) is 24.3 Å². The van der Waals surface area contributed by atoms with Crippen LogP contribution in [0.15, 0.2) is 24.3 Å². The summed E-state index contributed by atoms with van der Waals surface area (Å²) in [5.41, 5.74) is 1.05. The van der Waals surface area contributed by atoms with Crippen molar-refractivity contribution in [1.29, 1.82) is 0 Å². The molecule has 0 fully saturated rings. The van der Waals surface area contributed by atoms with Crippen LogP contribution in [0.4, 0.5) is 0 Å². The molecule has 0 aromatic rings. The molecule has 0 rings (SSSR count). The van der Waals surface area contributed by atoms with E-state index in [4.69, 9.17) is 4.74 Å². The van der Waals surface area contributed by atoms with E-state index in [1.165, 1.54) is 6.04 Å². The monoisotopic (exact) mass is 184 g/mol. The second kappa shape index (κ2) is 5.33. The van der Waals surface area contributed by atoms with Gasteiger partial charge in [-0.25, -0.2) is 0 Å². The Morgan fingerprint density at radius 1 is 1.42 bits per heavy atom. The van der Waals surface area contributed by atoms with Gasteiger partial charge >= 0.3 is 0 Å². The molecule has 0 bridgehead atoms. The van der Waals surface area contributed by atoms with Crippen molar-refractivity contribution in [1.82, 2.24) is 0 Å². The molecule has 1 nitrogen and oxygen atoms in total. The highest BCUT2D eigenvalue weighted by atomic mass is 28.3. The van der Waals surface area contributed by atoms with E-state index in [1.54, 1.807) is 7.11 Å². The zero-order valence-electron chi connectivity index (χ0n) is 8.68. The molecule has 0 saturated heterocycles. The van der Waals surface area contributed by atoms with Crippen LogP contribution in [0.2, 0.25) is 25.7 Å². The van der Waals surface area contributed by atoms with Crippen molar-refractivity contribution in [3.8, 4) is 0 Å². The summed E-state index contributed by atoms with van der Waals surface area (Å²) < 4.78 is 4.95. The van der Waals surface area contributed by atoms with Crippen LogP contribution >= 0.6 is 0 Å². The third-order valence-corrected chi connectivity index (χ3v) is 2.87. The quantitative estimate of drug-likeness (QED) is 0.471. The molecule has 0 heterocycles. The average Bonchev–Trinajstić information content (AvgIpc) is 1.84. The number of hydrogen-bond donors (Lipinski definition) is 0. The third kappa shape index (κ3) is 7.76. The third-order valence-electron chi connectivity index (χ3n) is 1.41. The normalized spacial score (nSPS) is 12.3. The van der Waals surface area contributed by atoms with E-state index in [9.17, 15) is 0 Å². The van der Waals surface area contributed by atoms with Gasteiger partial charge in [0.15, 0.2) is 0 Å². The fourth-order valence-electron chi connectivity index (χ4n) is 0.813. The Hall–Kier alpha value is -0.343. The molecule has 0 aliphatic rings. The summed E-state index contributed by atoms with van der Waals surface area (Å²) in [4.78, 5) is 0. The first-order valence-corrected chi connectivity index (χ1v) is 7.99. The predicted molar refractivity (Wildman–Crippen MR) is 58.3 cm³/mol. The molecule has 0 amide bonds. The molecule has 12 heavy (non-hydrogen) atoms. The highest BCUT2D eigenvalue weighted by Crippen LogP contribution is 2.09. The molecule has 2 heteroatoms. The van der Waals surface area contributed by atoms with Gasteiger partial charge in [0.25, 0.3) is 0 Å². The minimum atomic E-state index is -0.916. The van der Waals surface area contributed by atoms with Crippen molar-refractivity contribution in [2.45, 2.75) is 25.7 Å². The molecule has 0 aromatic carbocycles. The van der Waals surface area contributed by atoms with Crippen LogP contribution in [0.1, 0.15) is 0 Å². The van der Waals surface area contributed by atoms with Crippen molar-refractivity contribution in [3.63, 3.8) is 0 Å². The lowest BCUT2D eigenvalue weighted by Gasteiger charge is -2.11. The lowest BCUT2D eigenvalue weighted by molar-refractivity contribution is 0.228. The Morgan fingerprint density at radius 3 is 2.42 bits per heavy atom. The van der Waals surface area contributed by atoms with E-state index in [-0.39, 0.29) is 0 Å². The van der Waals surface area contributed by atoms with Gasteiger partial charge in [-0.3, -0.25) is 0 Å². The molecule has 0 N–H and O–H groups in total. The molecule has 0 radical (unpaired) electrons. The van der Waals surface area contributed by atoms with Crippen molar-refractivity contribution < 1.29 is 4.74 Å². The van der Waals surface area contributed by atoms with Gasteiger partial charge in [0.05, 0.1) is 6.61 Å². The van der Waals surface area contributed by atoms with Gasteiger partial charge in [-0.05, 0) is 11.6 Å². The Kier molecular flexibility index (Phi) is 5.18. The van der Waals surface area contributed by atoms with Crippen LogP contribution in [0.3, 0.4) is 0 Å². The number of ether oxygens (including phenoxy) is 1. The molecule has 0 saturated carbocycles. The largest absolute Gasteiger partial charge is 0.380 e. The lowest BCUT2D eigenvalue weighted by atomic mass is 10.3. The second-order valence-corrected chi connectivity index (χ2v) is 9.79. The first-order valence-electron chi connectivity index (χ1n) is 4.29. The minimum Gasteiger partial charge on any atom is -0.380 e. The smallest absolute Gasteiger partial charge is 0.0707 e. The molecule has 70 valence electrons. The van der Waals surface area contributed by atoms with Crippen LogP contribution in [0.25, 0.3) is 0 Å². The van der Waals surface area contributed by atoms with Gasteiger partial charge in [0.2, 0.25) is 0 Å². The topological polar surface area (TPSA) is 9.23 Å². The standard InChI is InChI=1S/C10H20OSi/c1-10(9-11-2)7-6-8-12(3,4)5/h6-7H,1,8-9H2,2-5H3/b7-6-. The number of allylic oxidation sites excluding steroid dienone is 1. The summed E-state index contributed by atoms with van der Waals surface area (Å²) in [5.74, 6) is 0. The molecule has 0 aliphatic heterocycles. The van der Waals surface area contributed by atoms with E-state index in [1.807, 2.05) is 0 Å². The van der Waals surface area contributed by atoms with Gasteiger partial charge in [-0.2, -0.15) is 0 Å². The SMILES string of the molecule is C=C(/C=C\C[Si](C)(C)C)COC. The van der Waals surface area contributed by atoms with Gasteiger partial charge < -0.3 is 4.74 Å². The molecular formula is C10H20OSi. The maximum Gasteiger partial charge on any atom is 0.0707 e. The first kappa shape index (κ1) is 11.7. The highest BCUT2D eigenvalue weighted by Gasteiger charge is 2.09. The fourth-order valence-corrected chi connectivity index (χ4v) is 1.64. The van der Waals surface area contributed by atoms with Gasteiger partial charge in [0, 0.05) is 15.2 Å². The van der Waals surface area contributed by atoms with E-state index >= 15 is 0 Å². The Bertz CT molecular complexity index is 165. The molecule has 0 unspecified atom stereocenters. The molecule has 0 spiro atoms. The predicted octanol–water partition coefficient (Wildman–Crippen LogP) is 3.08. The highest BCUT2D eigenvalue weighted by molar-refractivity contribution is 6.76. The molecule has 0 atom stereocenters. The van der Waals surface area contributed by atoms with E-state index < -0.39 is 8.07 Å². The number of rotatable bonds is 5. The van der Waals surface area contributed by atoms with Gasteiger partial charge in [-0.15, -0.1) is 0 Å². The van der Waals surface area contributed by atoms with Crippen LogP contribution in [-0.4, -0.2) is 21.8 Å². The number of methoxy groups -OCH3 is 1. The summed E-state index contributed by atoms with van der Waals surface area (Å²) in [6.45, 7) is 11.6. The van der Waals surface area contributed by atoms with Crippen molar-refractivity contribution in [2.24, 2.45) is 0 Å². The summed E-state index contributed by atoms with van der Waals surface area (Å²) in [6, 6.07) is 1.22. The summed E-state index contributed by atoms with van der Waals surface area (Å²) >= 11 is 0. The lowest BCUT2D eigenvalue weighted by Crippen LogP contribution is -2.17. The molecular weight excluding hydrogens is 164 g/mol. The van der Waals surface area contributed by atoms with Gasteiger partial charge in [0.1, 0.15) is 0 Å². The Balaban J connectivity index is 3.69. The van der Waals surface area contributed by atoms with Crippen LogP contribution in [0.5, 0.6) is 0 Å². The zero-order valence-corrected chi connectivity index (χ0v) is 9.68. The maximum atomic E-state index is 4.95. The van der Waals surface area contributed by atoms with Crippen LogP contribution in [-0.2, 0) is 4.74 Å². The zero-order chi connectivity index (χ0) is 9.61. The number of hydrogen-bond acceptors (Lipinski definition) is 1. The maximum absolute atomic E-state index is 4.95. The second-order valence-electron chi connectivity index (χ2n) is 4.26. The van der Waals surface area contributed by atoms with Crippen molar-refractivity contribution in [2.75, 3.05) is 13.7 Å². The minimum absolute atomic E-state index is 0.641. The molecule has 0 aliphatic carbocycles. The summed E-state index contributed by atoms with van der Waals surface area (Å²) in [6.07, 6.45) is 4.29. The first-order chi connectivity index (χ1) is 5.45. The van der Waals surface area contributed by atoms with Crippen LogP contribution < -0.4 is 0 Å². The van der Waals surface area contributed by atoms with E-state index in [2.05, 4.69) is 38.4 Å². The van der Waals surface area contributed by atoms with Gasteiger partial charge in [-0.1, -0.05) is 38.4 Å². The van der Waals surface area contributed by atoms with Crippen molar-refractivity contribution >= 4 is 8.07 Å². The summed E-state index contributed by atoms with van der Waals surface area (Å²) in [7, 11) is 0.776.